The van der Waals surface area contributed by atoms with E-state index in [-0.39, 0.29) is 14.5 Å². The molecule has 0 aliphatic rings. The van der Waals surface area contributed by atoms with Gasteiger partial charge in [-0.05, 0) is 0 Å². The van der Waals surface area contributed by atoms with Gasteiger partial charge in [-0.1, -0.05) is 0 Å². The Labute approximate surface area is 289 Å². The SMILES string of the molecule is [C-]#[N+]c1c2ccccc2c(-c2ccc3c(c2)[se]c2ccc(-c4c5ccccc5c(-c5ccccc5)c5ccccc45)cc23)c2ccccc12. The molecule has 10 rings (SSSR count). The predicted molar refractivity (Wildman–Crippen MR) is 211 cm³/mol. The topological polar surface area (TPSA) is 4.36 Å². The summed E-state index contributed by atoms with van der Waals surface area (Å²) >= 11 is 0.197. The number of fused-ring (bicyclic) bond motifs is 7. The first-order valence-electron chi connectivity index (χ1n) is 16.6. The second-order valence-corrected chi connectivity index (χ2v) is 14.9. The number of rotatable bonds is 3. The van der Waals surface area contributed by atoms with Gasteiger partial charge < -0.3 is 0 Å². The van der Waals surface area contributed by atoms with Gasteiger partial charge in [0.05, 0.1) is 0 Å². The van der Waals surface area contributed by atoms with Gasteiger partial charge >= 0.3 is 291 Å². The fourth-order valence-corrected chi connectivity index (χ4v) is 10.3. The van der Waals surface area contributed by atoms with Crippen LogP contribution in [0.25, 0.3) is 101 Å². The fourth-order valence-electron chi connectivity index (χ4n) is 7.98. The molecule has 0 saturated heterocycles. The molecule has 0 spiro atoms. The van der Waals surface area contributed by atoms with Crippen molar-refractivity contribution in [2.24, 2.45) is 0 Å². The summed E-state index contributed by atoms with van der Waals surface area (Å²) in [5, 5.41) is 12.1. The van der Waals surface area contributed by atoms with E-state index in [2.05, 4.69) is 157 Å². The Morgan fingerprint density at radius 2 is 0.755 bits per heavy atom. The van der Waals surface area contributed by atoms with Crippen LogP contribution >= 0.6 is 0 Å². The molecule has 0 aliphatic carbocycles. The van der Waals surface area contributed by atoms with Crippen molar-refractivity contribution in [1.29, 1.82) is 0 Å². The standard InChI is InChI=1S/C47H27NSe/c1-48-47-39-21-11-9-19-37(39)46(38-20-10-12-22-40(38)47)31-23-25-32-41-27-30(24-26-42(41)49-43(32)28-31)45-35-17-7-5-15-33(35)44(29-13-3-2-4-14-29)34-16-6-8-18-36(34)45/h2-28H. The molecule has 0 fully saturated rings. The molecule has 2 heteroatoms. The van der Waals surface area contributed by atoms with Gasteiger partial charge in [0, 0.05) is 0 Å². The van der Waals surface area contributed by atoms with Crippen molar-refractivity contribution in [3.05, 3.63) is 175 Å². The van der Waals surface area contributed by atoms with Gasteiger partial charge in [-0.15, -0.1) is 0 Å². The van der Waals surface area contributed by atoms with Gasteiger partial charge in [0.25, 0.3) is 0 Å². The first-order chi connectivity index (χ1) is 24.3. The number of hydrogen-bond donors (Lipinski definition) is 0. The summed E-state index contributed by atoms with van der Waals surface area (Å²) in [5.41, 5.74) is 8.25. The first kappa shape index (κ1) is 28.1. The van der Waals surface area contributed by atoms with Crippen LogP contribution in [0.4, 0.5) is 5.69 Å². The summed E-state index contributed by atoms with van der Waals surface area (Å²) in [6.45, 7) is 8.00. The van der Waals surface area contributed by atoms with Crippen LogP contribution in [0.2, 0.25) is 0 Å². The summed E-state index contributed by atoms with van der Waals surface area (Å²) in [6, 6.07) is 59.5. The number of benzene rings is 9. The minimum atomic E-state index is 0.197. The van der Waals surface area contributed by atoms with E-state index in [0.717, 1.165) is 27.2 Å². The van der Waals surface area contributed by atoms with Gasteiger partial charge in [-0.2, -0.15) is 0 Å². The zero-order valence-electron chi connectivity index (χ0n) is 26.4. The van der Waals surface area contributed by atoms with E-state index in [1.807, 2.05) is 12.1 Å². The van der Waals surface area contributed by atoms with Crippen LogP contribution < -0.4 is 0 Å². The molecule has 0 bridgehead atoms. The maximum atomic E-state index is 8.00. The molecule has 1 heterocycles. The molecule has 0 radical (unpaired) electrons. The van der Waals surface area contributed by atoms with Crippen molar-refractivity contribution in [1.82, 2.24) is 0 Å². The van der Waals surface area contributed by atoms with Crippen molar-refractivity contribution in [3.8, 4) is 33.4 Å². The van der Waals surface area contributed by atoms with Crippen LogP contribution in [0, 0.1) is 6.57 Å². The van der Waals surface area contributed by atoms with Crippen LogP contribution in [0.15, 0.2) is 164 Å². The Morgan fingerprint density at radius 1 is 0.327 bits per heavy atom. The van der Waals surface area contributed by atoms with Gasteiger partial charge in [-0.25, -0.2) is 0 Å². The van der Waals surface area contributed by atoms with E-state index in [9.17, 15) is 0 Å². The summed E-state index contributed by atoms with van der Waals surface area (Å²) in [7, 11) is 0. The zero-order chi connectivity index (χ0) is 32.5. The van der Waals surface area contributed by atoms with E-state index in [0.29, 0.717) is 0 Å². The summed E-state index contributed by atoms with van der Waals surface area (Å²) in [6.07, 6.45) is 0. The molecule has 226 valence electrons. The monoisotopic (exact) mass is 685 g/mol. The van der Waals surface area contributed by atoms with E-state index >= 15 is 0 Å². The van der Waals surface area contributed by atoms with Crippen LogP contribution in [0.3, 0.4) is 0 Å². The van der Waals surface area contributed by atoms with E-state index in [4.69, 9.17) is 6.57 Å². The molecular formula is C47H27NSe. The first-order valence-corrected chi connectivity index (χ1v) is 18.3. The van der Waals surface area contributed by atoms with Gasteiger partial charge in [0.1, 0.15) is 0 Å². The molecule has 1 nitrogen and oxygen atoms in total. The molecule has 0 N–H and O–H groups in total. The molecule has 0 amide bonds. The molecular weight excluding hydrogens is 657 g/mol. The fraction of sp³-hybridized carbons (Fsp3) is 0. The maximum absolute atomic E-state index is 8.00. The van der Waals surface area contributed by atoms with Gasteiger partial charge in [0.2, 0.25) is 0 Å². The Bertz CT molecular complexity index is 2880. The molecule has 10 aromatic rings. The van der Waals surface area contributed by atoms with Crippen LogP contribution in [0.1, 0.15) is 0 Å². The third-order valence-corrected chi connectivity index (χ3v) is 12.4. The summed E-state index contributed by atoms with van der Waals surface area (Å²) in [4.78, 5) is 3.99. The van der Waals surface area contributed by atoms with Crippen molar-refractivity contribution in [2.75, 3.05) is 0 Å². The Kier molecular flexibility index (Phi) is 6.33. The van der Waals surface area contributed by atoms with E-state index < -0.39 is 0 Å². The molecule has 0 unspecified atom stereocenters. The summed E-state index contributed by atoms with van der Waals surface area (Å²) < 4.78 is 2.84. The third-order valence-electron chi connectivity index (χ3n) is 10.1. The van der Waals surface area contributed by atoms with Gasteiger partial charge in [0.15, 0.2) is 0 Å². The van der Waals surface area contributed by atoms with Crippen LogP contribution in [-0.2, 0) is 0 Å². The Hall–Kier alpha value is -5.97. The van der Waals surface area contributed by atoms with Crippen molar-refractivity contribution >= 4 is 82.6 Å². The molecule has 0 atom stereocenters. The second-order valence-electron chi connectivity index (χ2n) is 12.7. The van der Waals surface area contributed by atoms with Crippen molar-refractivity contribution in [2.45, 2.75) is 0 Å². The molecule has 49 heavy (non-hydrogen) atoms. The van der Waals surface area contributed by atoms with E-state index in [1.165, 1.54) is 74.2 Å². The summed E-state index contributed by atoms with van der Waals surface area (Å²) in [5.74, 6) is 0. The molecule has 0 saturated carbocycles. The average molecular weight is 685 g/mol. The van der Waals surface area contributed by atoms with Crippen molar-refractivity contribution < 1.29 is 0 Å². The molecule has 0 aliphatic heterocycles. The normalized spacial score (nSPS) is 11.7. The Balaban J connectivity index is 1.21. The average Bonchev–Trinajstić information content (AvgIpc) is 3.53. The Morgan fingerprint density at radius 3 is 1.29 bits per heavy atom. The second kappa shape index (κ2) is 11.0. The van der Waals surface area contributed by atoms with E-state index in [1.54, 1.807) is 0 Å². The third kappa shape index (κ3) is 4.24. The van der Waals surface area contributed by atoms with Crippen LogP contribution in [0.5, 0.6) is 0 Å². The number of hydrogen-bond acceptors (Lipinski definition) is 0. The molecule has 9 aromatic carbocycles. The number of nitrogens with zero attached hydrogens (tertiary/aromatic N) is 1. The molecule has 1 aromatic heterocycles. The minimum absolute atomic E-state index is 0.197. The zero-order valence-corrected chi connectivity index (χ0v) is 28.2. The van der Waals surface area contributed by atoms with Gasteiger partial charge in [-0.3, -0.25) is 0 Å². The quantitative estimate of drug-likeness (QED) is 0.0991. The van der Waals surface area contributed by atoms with Crippen LogP contribution in [-0.4, -0.2) is 14.5 Å². The van der Waals surface area contributed by atoms with Crippen molar-refractivity contribution in [3.63, 3.8) is 0 Å². The predicted octanol–water partition coefficient (Wildman–Crippen LogP) is 13.2.